The molecule has 1 N–H and O–H groups in total. The topological polar surface area (TPSA) is 46.1 Å². The Balaban J connectivity index is 1.73. The highest BCUT2D eigenvalue weighted by Crippen LogP contribution is 2.25. The Morgan fingerprint density at radius 3 is 2.88 bits per heavy atom. The molecule has 1 fully saturated rings. The summed E-state index contributed by atoms with van der Waals surface area (Å²) in [7, 11) is 1.69. The largest absolute Gasteiger partial charge is 0.382 e. The minimum Gasteiger partial charge on any atom is -0.382 e. The van der Waals surface area contributed by atoms with E-state index >= 15 is 0 Å². The van der Waals surface area contributed by atoms with Gasteiger partial charge in [0.1, 0.15) is 0 Å². The number of likely N-dealkylation sites (tertiary alicyclic amines) is 1. The minimum atomic E-state index is 0.630. The van der Waals surface area contributed by atoms with Crippen LogP contribution in [0.3, 0.4) is 0 Å². The zero-order valence-corrected chi connectivity index (χ0v) is 16.3. The molecule has 0 bridgehead atoms. The fraction of sp³-hybridized carbons (Fsp3) is 0.632. The first kappa shape index (κ1) is 20.1. The number of rotatable bonds is 10. The highest BCUT2D eigenvalue weighted by Gasteiger charge is 2.24. The zero-order valence-electron chi connectivity index (χ0n) is 15.4. The van der Waals surface area contributed by atoms with Gasteiger partial charge in [0.15, 0.2) is 5.96 Å². The van der Waals surface area contributed by atoms with Gasteiger partial charge in [0.05, 0.1) is 26.4 Å². The van der Waals surface area contributed by atoms with Crippen molar-refractivity contribution in [1.29, 1.82) is 0 Å². The van der Waals surface area contributed by atoms with Gasteiger partial charge in [0.2, 0.25) is 0 Å². The van der Waals surface area contributed by atoms with Gasteiger partial charge in [-0.15, -0.1) is 11.8 Å². The normalized spacial score (nSPS) is 17.9. The van der Waals surface area contributed by atoms with Crippen LogP contribution in [0.2, 0.25) is 0 Å². The lowest BCUT2D eigenvalue weighted by Crippen LogP contribution is -2.40. The zero-order chi connectivity index (χ0) is 17.7. The standard InChI is InChI=1S/C19H31N3O2S/c1-3-20-19(21-10-12-24-14-13-23-2)22-11-9-17(15-22)16-25-18-7-5-4-6-8-18/h4-8,17H,3,9-16H2,1-2H3,(H,20,21). The molecule has 2 rings (SSSR count). The molecule has 1 atom stereocenters. The molecule has 140 valence electrons. The van der Waals surface area contributed by atoms with Crippen molar-refractivity contribution in [3.8, 4) is 0 Å². The third kappa shape index (κ3) is 7.67. The van der Waals surface area contributed by atoms with Crippen molar-refractivity contribution in [2.75, 3.05) is 58.9 Å². The molecule has 5 nitrogen and oxygen atoms in total. The molecular formula is C19H31N3O2S. The lowest BCUT2D eigenvalue weighted by atomic mass is 10.2. The Bertz CT molecular complexity index is 499. The molecule has 1 heterocycles. The summed E-state index contributed by atoms with van der Waals surface area (Å²) < 4.78 is 10.5. The second-order valence-corrected chi connectivity index (χ2v) is 7.16. The van der Waals surface area contributed by atoms with Gasteiger partial charge in [0, 0.05) is 37.4 Å². The molecule has 0 radical (unpaired) electrons. The fourth-order valence-electron chi connectivity index (χ4n) is 2.78. The molecule has 0 amide bonds. The smallest absolute Gasteiger partial charge is 0.194 e. The lowest BCUT2D eigenvalue weighted by Gasteiger charge is -2.21. The summed E-state index contributed by atoms with van der Waals surface area (Å²) in [5.74, 6) is 2.90. The number of methoxy groups -OCH3 is 1. The van der Waals surface area contributed by atoms with Crippen molar-refractivity contribution in [1.82, 2.24) is 10.2 Å². The molecule has 1 saturated heterocycles. The van der Waals surface area contributed by atoms with Crippen LogP contribution >= 0.6 is 11.8 Å². The van der Waals surface area contributed by atoms with Gasteiger partial charge in [-0.25, -0.2) is 0 Å². The summed E-state index contributed by atoms with van der Waals surface area (Å²) in [4.78, 5) is 8.44. The molecule has 1 aromatic rings. The number of ether oxygens (including phenoxy) is 2. The van der Waals surface area contributed by atoms with Crippen LogP contribution in [0.15, 0.2) is 40.2 Å². The predicted octanol–water partition coefficient (Wildman–Crippen LogP) is 2.73. The van der Waals surface area contributed by atoms with Crippen LogP contribution in [0.5, 0.6) is 0 Å². The van der Waals surface area contributed by atoms with E-state index in [0.29, 0.717) is 32.3 Å². The first-order chi connectivity index (χ1) is 12.3. The Hall–Kier alpha value is -1.24. The van der Waals surface area contributed by atoms with Gasteiger partial charge >= 0.3 is 0 Å². The summed E-state index contributed by atoms with van der Waals surface area (Å²) in [5.41, 5.74) is 0. The first-order valence-corrected chi connectivity index (χ1v) is 10.1. The van der Waals surface area contributed by atoms with Crippen LogP contribution in [-0.4, -0.2) is 69.7 Å². The SMILES string of the molecule is CCNC(=NCCOCCOC)N1CCC(CSc2ccccc2)C1. The fourth-order valence-corrected chi connectivity index (χ4v) is 3.83. The van der Waals surface area contributed by atoms with E-state index in [-0.39, 0.29) is 0 Å². The van der Waals surface area contributed by atoms with Crippen molar-refractivity contribution in [3.05, 3.63) is 30.3 Å². The molecular weight excluding hydrogens is 334 g/mol. The van der Waals surface area contributed by atoms with Crippen molar-refractivity contribution < 1.29 is 9.47 Å². The van der Waals surface area contributed by atoms with E-state index < -0.39 is 0 Å². The van der Waals surface area contributed by atoms with Crippen LogP contribution in [0.1, 0.15) is 13.3 Å². The molecule has 6 heteroatoms. The predicted molar refractivity (Wildman–Crippen MR) is 106 cm³/mol. The van der Waals surface area contributed by atoms with E-state index in [1.54, 1.807) is 7.11 Å². The number of nitrogens with zero attached hydrogens (tertiary/aromatic N) is 2. The average Bonchev–Trinajstić information content (AvgIpc) is 3.12. The second kappa shape index (κ2) is 12.2. The summed E-state index contributed by atoms with van der Waals surface area (Å²) in [6, 6.07) is 10.7. The number of aliphatic imine (C=N–C) groups is 1. The third-order valence-corrected chi connectivity index (χ3v) is 5.32. The second-order valence-electron chi connectivity index (χ2n) is 6.07. The Morgan fingerprint density at radius 2 is 2.12 bits per heavy atom. The first-order valence-electron chi connectivity index (χ1n) is 9.11. The number of benzene rings is 1. The van der Waals surface area contributed by atoms with Crippen LogP contribution in [0.25, 0.3) is 0 Å². The number of hydrogen-bond donors (Lipinski definition) is 1. The number of hydrogen-bond acceptors (Lipinski definition) is 4. The average molecular weight is 366 g/mol. The molecule has 0 spiro atoms. The number of nitrogens with one attached hydrogen (secondary N) is 1. The molecule has 0 saturated carbocycles. The number of guanidine groups is 1. The van der Waals surface area contributed by atoms with Crippen molar-refractivity contribution in [2.24, 2.45) is 10.9 Å². The summed E-state index contributed by atoms with van der Waals surface area (Å²) >= 11 is 1.96. The number of thioether (sulfide) groups is 1. The van der Waals surface area contributed by atoms with Gasteiger partial charge < -0.3 is 19.7 Å². The van der Waals surface area contributed by atoms with Crippen molar-refractivity contribution >= 4 is 17.7 Å². The summed E-state index contributed by atoms with van der Waals surface area (Å²) in [6.07, 6.45) is 1.23. The van der Waals surface area contributed by atoms with Crippen molar-refractivity contribution in [2.45, 2.75) is 18.2 Å². The third-order valence-electron chi connectivity index (χ3n) is 4.08. The van der Waals surface area contributed by atoms with E-state index in [1.165, 1.54) is 17.1 Å². The van der Waals surface area contributed by atoms with Gasteiger partial charge in [-0.3, -0.25) is 4.99 Å². The monoisotopic (exact) mass is 365 g/mol. The highest BCUT2D eigenvalue weighted by atomic mass is 32.2. The molecule has 0 aromatic heterocycles. The van der Waals surface area contributed by atoms with Gasteiger partial charge in [-0.2, -0.15) is 0 Å². The summed E-state index contributed by atoms with van der Waals surface area (Å²) in [6.45, 7) is 7.76. The maximum atomic E-state index is 5.49. The lowest BCUT2D eigenvalue weighted by molar-refractivity contribution is 0.0747. The molecule has 1 aliphatic rings. The maximum absolute atomic E-state index is 5.49. The van der Waals surface area contributed by atoms with Gasteiger partial charge in [-0.05, 0) is 31.4 Å². The maximum Gasteiger partial charge on any atom is 0.194 e. The van der Waals surface area contributed by atoms with E-state index in [2.05, 4.69) is 47.5 Å². The van der Waals surface area contributed by atoms with Crippen LogP contribution in [0.4, 0.5) is 0 Å². The Kier molecular flexibility index (Phi) is 9.77. The Morgan fingerprint density at radius 1 is 1.28 bits per heavy atom. The minimum absolute atomic E-state index is 0.630. The van der Waals surface area contributed by atoms with Crippen LogP contribution in [0, 0.1) is 5.92 Å². The van der Waals surface area contributed by atoms with E-state index in [0.717, 1.165) is 25.6 Å². The molecule has 25 heavy (non-hydrogen) atoms. The van der Waals surface area contributed by atoms with E-state index in [9.17, 15) is 0 Å². The van der Waals surface area contributed by atoms with Crippen molar-refractivity contribution in [3.63, 3.8) is 0 Å². The molecule has 1 aromatic carbocycles. The van der Waals surface area contributed by atoms with Crippen LogP contribution < -0.4 is 5.32 Å². The van der Waals surface area contributed by atoms with Crippen LogP contribution in [-0.2, 0) is 9.47 Å². The molecule has 1 unspecified atom stereocenters. The highest BCUT2D eigenvalue weighted by molar-refractivity contribution is 7.99. The van der Waals surface area contributed by atoms with Gasteiger partial charge in [0.25, 0.3) is 0 Å². The molecule has 1 aliphatic heterocycles. The quantitative estimate of drug-likeness (QED) is 0.299. The summed E-state index contributed by atoms with van der Waals surface area (Å²) in [5, 5.41) is 3.41. The van der Waals surface area contributed by atoms with E-state index in [1.807, 2.05) is 11.8 Å². The van der Waals surface area contributed by atoms with E-state index in [4.69, 9.17) is 14.5 Å². The van der Waals surface area contributed by atoms with Gasteiger partial charge in [-0.1, -0.05) is 18.2 Å². The molecule has 0 aliphatic carbocycles. The Labute approximate surface area is 156 Å².